The van der Waals surface area contributed by atoms with E-state index < -0.39 is 0 Å². The van der Waals surface area contributed by atoms with Crippen LogP contribution in [0.15, 0.2) is 0 Å². The van der Waals surface area contributed by atoms with Crippen molar-refractivity contribution in [3.05, 3.63) is 0 Å². The standard InChI is InChI=1S/H2N2S6/c1-3-2-5-7-8-6-4-1/h1-2H. The van der Waals surface area contributed by atoms with Crippen LogP contribution in [-0.2, 0) is 0 Å². The summed E-state index contributed by atoms with van der Waals surface area (Å²) >= 11 is 1.50. The number of rotatable bonds is 0. The summed E-state index contributed by atoms with van der Waals surface area (Å²) in [6.45, 7) is 0. The first-order valence-electron chi connectivity index (χ1n) is 1.48. The molecule has 0 aromatic heterocycles. The maximum Gasteiger partial charge on any atom is 0.0264 e. The van der Waals surface area contributed by atoms with Crippen LogP contribution in [0.1, 0.15) is 0 Å². The zero-order valence-electron chi connectivity index (χ0n) is 3.45. The molecule has 0 aromatic rings. The van der Waals surface area contributed by atoms with Gasteiger partial charge < -0.3 is 0 Å². The Morgan fingerprint density at radius 3 is 2.00 bits per heavy atom. The van der Waals surface area contributed by atoms with Gasteiger partial charge in [-0.3, -0.25) is 0 Å². The Balaban J connectivity index is 2.00. The summed E-state index contributed by atoms with van der Waals surface area (Å²) in [5.41, 5.74) is 0. The highest BCUT2D eigenvalue weighted by atomic mass is 33.8. The molecular weight excluding hydrogens is 220 g/mol. The summed E-state index contributed by atoms with van der Waals surface area (Å²) in [5, 5.41) is 0. The quantitative estimate of drug-likeness (QED) is 0.477. The summed E-state index contributed by atoms with van der Waals surface area (Å²) in [7, 11) is 8.47. The Morgan fingerprint density at radius 1 is 0.750 bits per heavy atom. The van der Waals surface area contributed by atoms with E-state index in [2.05, 4.69) is 8.25 Å². The minimum absolute atomic E-state index is 1.50. The minimum atomic E-state index is 1.50. The van der Waals surface area contributed by atoms with E-state index in [1.807, 2.05) is 0 Å². The molecular formula is H2N2S6. The lowest BCUT2D eigenvalue weighted by molar-refractivity contribution is 1.66. The van der Waals surface area contributed by atoms with Crippen molar-refractivity contribution in [2.45, 2.75) is 0 Å². The van der Waals surface area contributed by atoms with Gasteiger partial charge in [-0.15, -0.1) is 0 Å². The van der Waals surface area contributed by atoms with E-state index >= 15 is 0 Å². The fourth-order valence-electron chi connectivity index (χ4n) is 0.118. The third-order valence-electron chi connectivity index (χ3n) is 0.275. The van der Waals surface area contributed by atoms with Gasteiger partial charge in [-0.2, -0.15) is 8.25 Å². The van der Waals surface area contributed by atoms with Crippen molar-refractivity contribution < 1.29 is 0 Å². The second-order valence-corrected chi connectivity index (χ2v) is 8.82. The fourth-order valence-corrected chi connectivity index (χ4v) is 8.63. The van der Waals surface area contributed by atoms with Crippen molar-refractivity contribution in [2.24, 2.45) is 0 Å². The predicted octanol–water partition coefficient (Wildman–Crippen LogP) is 2.90. The third-order valence-corrected chi connectivity index (χ3v) is 8.92. The molecule has 0 saturated carbocycles. The molecule has 48 valence electrons. The summed E-state index contributed by atoms with van der Waals surface area (Å²) in [6.07, 6.45) is 0. The molecule has 0 aromatic carbocycles. The zero-order chi connectivity index (χ0) is 5.66. The van der Waals surface area contributed by atoms with E-state index in [-0.39, 0.29) is 0 Å². The van der Waals surface area contributed by atoms with Crippen LogP contribution in [0.2, 0.25) is 0 Å². The van der Waals surface area contributed by atoms with Crippen LogP contribution in [0.3, 0.4) is 0 Å². The van der Waals surface area contributed by atoms with Crippen LogP contribution >= 0.6 is 63.6 Å². The van der Waals surface area contributed by atoms with Crippen LogP contribution < -0.4 is 8.25 Å². The molecule has 1 aliphatic rings. The molecule has 1 heterocycles. The second-order valence-electron chi connectivity index (χ2n) is 0.640. The smallest absolute Gasteiger partial charge is 0.0264 e. The molecule has 2 nitrogen and oxygen atoms in total. The average Bonchev–Trinajstić information content (AvgIpc) is 1.62. The number of hydrogen-bond donors (Lipinski definition) is 2. The molecule has 0 radical (unpaired) electrons. The maximum absolute atomic E-state index is 3.02. The zero-order valence-corrected chi connectivity index (χ0v) is 8.35. The first-order chi connectivity index (χ1) is 4.00. The van der Waals surface area contributed by atoms with Crippen molar-refractivity contribution in [3.63, 3.8) is 0 Å². The van der Waals surface area contributed by atoms with Gasteiger partial charge in [-0.05, 0) is 0 Å². The molecule has 0 amide bonds. The van der Waals surface area contributed by atoms with Gasteiger partial charge in [-0.1, -0.05) is 0 Å². The van der Waals surface area contributed by atoms with E-state index in [1.54, 1.807) is 51.4 Å². The molecule has 0 bridgehead atoms. The van der Waals surface area contributed by atoms with Crippen molar-refractivity contribution in [3.8, 4) is 0 Å². The summed E-state index contributed by atoms with van der Waals surface area (Å²) in [6, 6.07) is 0. The topological polar surface area (TPSA) is 24.1 Å². The largest absolute Gasteiger partial charge is 0.183 e. The highest BCUT2D eigenvalue weighted by Crippen LogP contribution is 2.48. The van der Waals surface area contributed by atoms with Crippen LogP contribution in [-0.4, -0.2) is 0 Å². The Morgan fingerprint density at radius 2 is 1.38 bits per heavy atom. The Hall–Kier alpha value is 2.02. The van der Waals surface area contributed by atoms with Crippen LogP contribution in [0, 0.1) is 0 Å². The molecule has 0 unspecified atom stereocenters. The number of nitrogens with one attached hydrogen (secondary N) is 2. The van der Waals surface area contributed by atoms with Gasteiger partial charge in [0.05, 0.1) is 0 Å². The van der Waals surface area contributed by atoms with Crippen LogP contribution in [0.4, 0.5) is 0 Å². The Bertz CT molecular complexity index is 30.5. The number of hydrogen-bond acceptors (Lipinski definition) is 8. The summed E-state index contributed by atoms with van der Waals surface area (Å²) in [5.74, 6) is 0. The highest BCUT2D eigenvalue weighted by molar-refractivity contribution is 9.36. The van der Waals surface area contributed by atoms with E-state index in [0.717, 1.165) is 0 Å². The van der Waals surface area contributed by atoms with E-state index in [9.17, 15) is 0 Å². The molecule has 2 N–H and O–H groups in total. The van der Waals surface area contributed by atoms with Gasteiger partial charge in [-0.25, -0.2) is 0 Å². The van der Waals surface area contributed by atoms with Gasteiger partial charge in [0.15, 0.2) is 0 Å². The van der Waals surface area contributed by atoms with Crippen molar-refractivity contribution in [1.82, 2.24) is 8.25 Å². The molecule has 1 fully saturated rings. The molecule has 1 rings (SSSR count). The first kappa shape index (κ1) is 8.12. The van der Waals surface area contributed by atoms with Crippen molar-refractivity contribution >= 4 is 63.6 Å². The molecule has 1 saturated heterocycles. The lowest BCUT2D eigenvalue weighted by atomic mass is 13.8. The normalized spacial score (nSPS) is 24.0. The molecule has 8 heteroatoms. The van der Waals surface area contributed by atoms with Gasteiger partial charge in [0.25, 0.3) is 0 Å². The maximum atomic E-state index is 3.02. The highest BCUT2D eigenvalue weighted by Gasteiger charge is 1.97. The molecule has 8 heavy (non-hydrogen) atoms. The SMILES string of the molecule is N1SNSSSSS1. The second kappa shape index (κ2) is 5.78. The van der Waals surface area contributed by atoms with Crippen LogP contribution in [0.5, 0.6) is 0 Å². The Kier molecular flexibility index (Phi) is 5.87. The summed E-state index contributed by atoms with van der Waals surface area (Å²) < 4.78 is 6.03. The van der Waals surface area contributed by atoms with Crippen molar-refractivity contribution in [1.29, 1.82) is 0 Å². The molecule has 0 atom stereocenters. The van der Waals surface area contributed by atoms with Gasteiger partial charge in [0, 0.05) is 63.6 Å². The van der Waals surface area contributed by atoms with E-state index in [4.69, 9.17) is 0 Å². The lowest BCUT2D eigenvalue weighted by Crippen LogP contribution is -1.96. The fraction of sp³-hybridized carbons (Fsp3) is 0. The average molecular weight is 222 g/mol. The Labute approximate surface area is 71.3 Å². The predicted molar refractivity (Wildman–Crippen MR) is 51.8 cm³/mol. The lowest BCUT2D eigenvalue weighted by Gasteiger charge is -2.04. The van der Waals surface area contributed by atoms with Gasteiger partial charge in [0.2, 0.25) is 0 Å². The molecule has 0 spiro atoms. The van der Waals surface area contributed by atoms with E-state index in [1.165, 1.54) is 12.1 Å². The molecule has 1 aliphatic heterocycles. The van der Waals surface area contributed by atoms with Crippen molar-refractivity contribution in [2.75, 3.05) is 0 Å². The van der Waals surface area contributed by atoms with E-state index in [0.29, 0.717) is 0 Å². The minimum Gasteiger partial charge on any atom is -0.183 e. The monoisotopic (exact) mass is 222 g/mol. The summed E-state index contributed by atoms with van der Waals surface area (Å²) in [4.78, 5) is 0. The first-order valence-corrected chi connectivity index (χ1v) is 8.45. The van der Waals surface area contributed by atoms with Gasteiger partial charge in [0.1, 0.15) is 0 Å². The molecule has 0 aliphatic carbocycles. The van der Waals surface area contributed by atoms with Gasteiger partial charge >= 0.3 is 0 Å². The van der Waals surface area contributed by atoms with Crippen LogP contribution in [0.25, 0.3) is 0 Å². The third kappa shape index (κ3) is 3.94.